The molecular weight excluding hydrogens is 263 g/mol. The van der Waals surface area contributed by atoms with Gasteiger partial charge in [0.15, 0.2) is 0 Å². The van der Waals surface area contributed by atoms with Crippen LogP contribution in [0.1, 0.15) is 11.1 Å². The molecule has 2 aromatic rings. The first kappa shape index (κ1) is 13.1. The van der Waals surface area contributed by atoms with E-state index in [9.17, 15) is 23.3 Å². The molecule has 0 spiro atoms. The molecule has 0 radical (unpaired) electrons. The third-order valence-corrected chi connectivity index (χ3v) is 2.46. The Labute approximate surface area is 105 Å². The minimum atomic E-state index is -4.62. The summed E-state index contributed by atoms with van der Waals surface area (Å²) >= 11 is 0. The lowest BCUT2D eigenvalue weighted by atomic mass is 10.1. The lowest BCUT2D eigenvalue weighted by molar-refractivity contribution is -0.384. The Kier molecular flexibility index (Phi) is 3.01. The van der Waals surface area contributed by atoms with Crippen LogP contribution >= 0.6 is 0 Å². The Morgan fingerprint density at radius 2 is 2.05 bits per heavy atom. The first-order chi connectivity index (χ1) is 8.79. The molecule has 1 aromatic carbocycles. The van der Waals surface area contributed by atoms with Crippen LogP contribution in [0.4, 0.5) is 18.9 Å². The summed E-state index contributed by atoms with van der Waals surface area (Å²) < 4.78 is 38.7. The lowest BCUT2D eigenvalue weighted by Crippen LogP contribution is -2.08. The molecule has 2 rings (SSSR count). The largest absolute Gasteiger partial charge is 0.416 e. The number of nitro benzene ring substituents is 1. The van der Waals surface area contributed by atoms with Gasteiger partial charge in [0.25, 0.3) is 5.69 Å². The van der Waals surface area contributed by atoms with Gasteiger partial charge in [-0.15, -0.1) is 0 Å². The molecule has 0 atom stereocenters. The molecule has 1 aromatic heterocycles. The summed E-state index contributed by atoms with van der Waals surface area (Å²) in [6, 6.07) is 2.33. The molecule has 19 heavy (non-hydrogen) atoms. The highest BCUT2D eigenvalue weighted by Crippen LogP contribution is 2.34. The van der Waals surface area contributed by atoms with Crippen molar-refractivity contribution in [2.24, 2.45) is 0 Å². The summed E-state index contributed by atoms with van der Waals surface area (Å²) in [5.74, 6) is 0. The number of alkyl halides is 3. The van der Waals surface area contributed by atoms with Crippen molar-refractivity contribution in [2.45, 2.75) is 13.1 Å². The highest BCUT2D eigenvalue weighted by atomic mass is 19.4. The van der Waals surface area contributed by atoms with Crippen LogP contribution < -0.4 is 0 Å². The van der Waals surface area contributed by atoms with Crippen LogP contribution in [0.2, 0.25) is 0 Å². The zero-order valence-electron chi connectivity index (χ0n) is 9.68. The third kappa shape index (κ3) is 2.56. The van der Waals surface area contributed by atoms with Gasteiger partial charge in [-0.3, -0.25) is 10.1 Å². The second kappa shape index (κ2) is 4.38. The van der Waals surface area contributed by atoms with Crippen molar-refractivity contribution >= 4 is 5.69 Å². The lowest BCUT2D eigenvalue weighted by Gasteiger charge is -2.08. The van der Waals surface area contributed by atoms with E-state index in [0.29, 0.717) is 6.07 Å². The number of hydrogen-bond acceptors (Lipinski definition) is 3. The fraction of sp³-hybridized carbons (Fsp3) is 0.182. The Balaban J connectivity index is 2.60. The molecule has 5 nitrogen and oxygen atoms in total. The molecule has 0 aliphatic heterocycles. The van der Waals surface area contributed by atoms with Crippen molar-refractivity contribution in [1.82, 2.24) is 9.78 Å². The molecule has 0 N–H and O–H groups in total. The van der Waals surface area contributed by atoms with Crippen LogP contribution in [0, 0.1) is 17.0 Å². The number of rotatable bonds is 2. The van der Waals surface area contributed by atoms with Crippen molar-refractivity contribution < 1.29 is 18.1 Å². The maximum Gasteiger partial charge on any atom is 0.416 e. The Morgan fingerprint density at radius 3 is 2.53 bits per heavy atom. The topological polar surface area (TPSA) is 61.0 Å². The van der Waals surface area contributed by atoms with E-state index in [0.717, 1.165) is 17.7 Å². The monoisotopic (exact) mass is 271 g/mol. The van der Waals surface area contributed by atoms with Crippen LogP contribution in [0.15, 0.2) is 30.6 Å². The smallest absolute Gasteiger partial charge is 0.258 e. The molecule has 0 bridgehead atoms. The van der Waals surface area contributed by atoms with Crippen LogP contribution in [0.3, 0.4) is 0 Å². The van der Waals surface area contributed by atoms with Crippen LogP contribution in [0.25, 0.3) is 5.69 Å². The highest BCUT2D eigenvalue weighted by Gasteiger charge is 2.33. The molecule has 0 aliphatic rings. The van der Waals surface area contributed by atoms with Gasteiger partial charge >= 0.3 is 6.18 Å². The molecular formula is C11H8F3N3O2. The van der Waals surface area contributed by atoms with E-state index in [2.05, 4.69) is 5.10 Å². The third-order valence-electron chi connectivity index (χ3n) is 2.46. The van der Waals surface area contributed by atoms with Crippen LogP contribution in [-0.2, 0) is 6.18 Å². The normalized spacial score (nSPS) is 11.6. The molecule has 100 valence electrons. The van der Waals surface area contributed by atoms with Gasteiger partial charge in [0.1, 0.15) is 5.69 Å². The van der Waals surface area contributed by atoms with E-state index in [1.165, 1.54) is 17.1 Å². The minimum Gasteiger partial charge on any atom is -0.258 e. The number of aryl methyl sites for hydroxylation is 1. The average Bonchev–Trinajstić information content (AvgIpc) is 2.73. The predicted molar refractivity (Wildman–Crippen MR) is 60.0 cm³/mol. The number of benzene rings is 1. The Bertz CT molecular complexity index is 634. The standard InChI is InChI=1S/C11H8F3N3O2/c1-7-5-15-16(6-7)9-3-2-8(11(12,13)14)4-10(9)17(18)19/h2-6H,1H3. The Hall–Kier alpha value is -2.38. The number of halogens is 3. The molecule has 0 aliphatic carbocycles. The summed E-state index contributed by atoms with van der Waals surface area (Å²) in [4.78, 5) is 10.0. The molecule has 0 unspecified atom stereocenters. The van der Waals surface area contributed by atoms with E-state index in [1.807, 2.05) is 0 Å². The first-order valence-electron chi connectivity index (χ1n) is 5.16. The summed E-state index contributed by atoms with van der Waals surface area (Å²) in [7, 11) is 0. The van der Waals surface area contributed by atoms with Gasteiger partial charge < -0.3 is 0 Å². The fourth-order valence-electron chi connectivity index (χ4n) is 1.58. The van der Waals surface area contributed by atoms with E-state index >= 15 is 0 Å². The molecule has 0 amide bonds. The predicted octanol–water partition coefficient (Wildman–Crippen LogP) is 3.11. The summed E-state index contributed by atoms with van der Waals surface area (Å²) in [6.45, 7) is 1.72. The second-order valence-electron chi connectivity index (χ2n) is 3.92. The summed E-state index contributed by atoms with van der Waals surface area (Å²) in [6.07, 6.45) is -1.67. The summed E-state index contributed by atoms with van der Waals surface area (Å²) in [5, 5.41) is 14.7. The zero-order valence-corrected chi connectivity index (χ0v) is 9.68. The quantitative estimate of drug-likeness (QED) is 0.622. The van der Waals surface area contributed by atoms with Crippen LogP contribution in [0.5, 0.6) is 0 Å². The second-order valence-corrected chi connectivity index (χ2v) is 3.92. The van der Waals surface area contributed by atoms with Gasteiger partial charge in [-0.05, 0) is 24.6 Å². The maximum atomic E-state index is 12.5. The molecule has 0 saturated carbocycles. The van der Waals surface area contributed by atoms with E-state index in [4.69, 9.17) is 0 Å². The van der Waals surface area contributed by atoms with Crippen LogP contribution in [-0.4, -0.2) is 14.7 Å². The Morgan fingerprint density at radius 1 is 1.37 bits per heavy atom. The number of aromatic nitrogens is 2. The maximum absolute atomic E-state index is 12.5. The van der Waals surface area contributed by atoms with E-state index < -0.39 is 22.4 Å². The van der Waals surface area contributed by atoms with Crippen molar-refractivity contribution in [1.29, 1.82) is 0 Å². The highest BCUT2D eigenvalue weighted by molar-refractivity contribution is 5.54. The SMILES string of the molecule is Cc1cnn(-c2ccc(C(F)(F)F)cc2[N+](=O)[O-])c1. The number of hydrogen-bond donors (Lipinski definition) is 0. The fourth-order valence-corrected chi connectivity index (χ4v) is 1.58. The van der Waals surface area contributed by atoms with Gasteiger partial charge in [-0.25, -0.2) is 4.68 Å². The minimum absolute atomic E-state index is 0.00824. The zero-order chi connectivity index (χ0) is 14.2. The molecule has 0 saturated heterocycles. The van der Waals surface area contributed by atoms with Gasteiger partial charge in [0.05, 0.1) is 16.7 Å². The molecule has 8 heteroatoms. The van der Waals surface area contributed by atoms with Crippen molar-refractivity contribution in [3.05, 3.63) is 51.8 Å². The summed E-state index contributed by atoms with van der Waals surface area (Å²) in [5.41, 5.74) is -0.968. The van der Waals surface area contributed by atoms with Crippen molar-refractivity contribution in [3.8, 4) is 5.69 Å². The van der Waals surface area contributed by atoms with Gasteiger partial charge in [0, 0.05) is 12.3 Å². The van der Waals surface area contributed by atoms with Crippen molar-refractivity contribution in [3.63, 3.8) is 0 Å². The van der Waals surface area contributed by atoms with Gasteiger partial charge in [0.2, 0.25) is 0 Å². The van der Waals surface area contributed by atoms with Crippen molar-refractivity contribution in [2.75, 3.05) is 0 Å². The number of nitro groups is 1. The average molecular weight is 271 g/mol. The molecule has 0 fully saturated rings. The van der Waals surface area contributed by atoms with Gasteiger partial charge in [-0.1, -0.05) is 0 Å². The van der Waals surface area contributed by atoms with E-state index in [1.54, 1.807) is 6.92 Å². The number of nitrogens with zero attached hydrogens (tertiary/aromatic N) is 3. The first-order valence-corrected chi connectivity index (χ1v) is 5.16. The molecule has 1 heterocycles. The van der Waals surface area contributed by atoms with E-state index in [-0.39, 0.29) is 5.69 Å². The van der Waals surface area contributed by atoms with Gasteiger partial charge in [-0.2, -0.15) is 18.3 Å².